The Morgan fingerprint density at radius 2 is 2.40 bits per heavy atom. The van der Waals surface area contributed by atoms with E-state index in [1.165, 1.54) is 6.20 Å². The van der Waals surface area contributed by atoms with Crippen molar-refractivity contribution in [1.29, 1.82) is 0 Å². The van der Waals surface area contributed by atoms with Gasteiger partial charge in [0.15, 0.2) is 0 Å². The molecule has 5 heteroatoms. The molecule has 0 unspecified atom stereocenters. The number of nitrogens with zero attached hydrogens (tertiary/aromatic N) is 2. The summed E-state index contributed by atoms with van der Waals surface area (Å²) in [7, 11) is 1.77. The lowest BCUT2D eigenvalue weighted by Gasteiger charge is -2.16. The Balaban J connectivity index is 2.72. The summed E-state index contributed by atoms with van der Waals surface area (Å²) in [6, 6.07) is 1.62. The summed E-state index contributed by atoms with van der Waals surface area (Å²) in [6.45, 7) is 0.714. The lowest BCUT2D eigenvalue weighted by Crippen LogP contribution is -2.29. The molecule has 1 amide bonds. The number of halogens is 1. The lowest BCUT2D eigenvalue weighted by atomic mass is 10.2. The van der Waals surface area contributed by atoms with Gasteiger partial charge in [-0.3, -0.25) is 9.78 Å². The number of pyridine rings is 1. The summed E-state index contributed by atoms with van der Waals surface area (Å²) in [5, 5.41) is 0.450. The smallest absolute Gasteiger partial charge is 0.256 e. The summed E-state index contributed by atoms with van der Waals surface area (Å²) in [5.41, 5.74) is 0.461. The molecule has 0 aliphatic carbocycles. The summed E-state index contributed by atoms with van der Waals surface area (Å²) in [4.78, 5) is 17.4. The topological polar surface area (TPSA) is 33.2 Å². The fourth-order valence-corrected chi connectivity index (χ4v) is 1.71. The van der Waals surface area contributed by atoms with Gasteiger partial charge < -0.3 is 4.90 Å². The van der Waals surface area contributed by atoms with Crippen molar-refractivity contribution in [1.82, 2.24) is 9.88 Å². The first-order valence-electron chi connectivity index (χ1n) is 4.50. The van der Waals surface area contributed by atoms with Gasteiger partial charge in [-0.2, -0.15) is 11.8 Å². The molecule has 0 saturated heterocycles. The highest BCUT2D eigenvalue weighted by Gasteiger charge is 2.14. The summed E-state index contributed by atoms with van der Waals surface area (Å²) >= 11 is 7.61. The molecular weight excluding hydrogens is 232 g/mol. The van der Waals surface area contributed by atoms with E-state index in [4.69, 9.17) is 11.6 Å². The summed E-state index contributed by atoms with van der Waals surface area (Å²) < 4.78 is 0. The fraction of sp³-hybridized carbons (Fsp3) is 0.400. The van der Waals surface area contributed by atoms with Crippen molar-refractivity contribution in [2.24, 2.45) is 0 Å². The molecule has 0 aromatic carbocycles. The van der Waals surface area contributed by atoms with E-state index in [-0.39, 0.29) is 5.91 Å². The second-order valence-electron chi connectivity index (χ2n) is 3.08. The molecule has 82 valence electrons. The quantitative estimate of drug-likeness (QED) is 0.814. The number of aromatic nitrogens is 1. The minimum Gasteiger partial charge on any atom is -0.341 e. The van der Waals surface area contributed by atoms with Gasteiger partial charge in [0, 0.05) is 31.7 Å². The van der Waals surface area contributed by atoms with Gasteiger partial charge in [0.1, 0.15) is 0 Å². The molecule has 0 saturated carbocycles. The Bertz CT molecular complexity index is 346. The van der Waals surface area contributed by atoms with E-state index in [2.05, 4.69) is 4.98 Å². The van der Waals surface area contributed by atoms with Gasteiger partial charge >= 0.3 is 0 Å². The molecule has 0 aliphatic heterocycles. The zero-order valence-electron chi connectivity index (χ0n) is 8.74. The molecule has 0 fully saturated rings. The van der Waals surface area contributed by atoms with Crippen molar-refractivity contribution >= 4 is 29.3 Å². The molecule has 0 radical (unpaired) electrons. The monoisotopic (exact) mass is 244 g/mol. The SMILES string of the molecule is CSCCN(C)C(=O)c1cnccc1Cl. The van der Waals surface area contributed by atoms with Crippen LogP contribution < -0.4 is 0 Å². The van der Waals surface area contributed by atoms with Gasteiger partial charge in [0.05, 0.1) is 10.6 Å². The molecule has 0 aliphatic rings. The average Bonchev–Trinajstić information content (AvgIpc) is 2.25. The number of hydrogen-bond acceptors (Lipinski definition) is 3. The zero-order valence-corrected chi connectivity index (χ0v) is 10.3. The number of carbonyl (C=O) groups is 1. The van der Waals surface area contributed by atoms with Crippen molar-refractivity contribution in [2.45, 2.75) is 0 Å². The molecule has 1 heterocycles. The molecule has 3 nitrogen and oxygen atoms in total. The van der Waals surface area contributed by atoms with E-state index in [9.17, 15) is 4.79 Å². The molecule has 0 atom stereocenters. The highest BCUT2D eigenvalue weighted by atomic mass is 35.5. The predicted molar refractivity (Wildman–Crippen MR) is 64.6 cm³/mol. The van der Waals surface area contributed by atoms with Crippen LogP contribution in [0.25, 0.3) is 0 Å². The first-order chi connectivity index (χ1) is 7.16. The Hall–Kier alpha value is -0.740. The van der Waals surface area contributed by atoms with Crippen LogP contribution in [0.2, 0.25) is 5.02 Å². The second-order valence-corrected chi connectivity index (χ2v) is 4.47. The second kappa shape index (κ2) is 5.98. The van der Waals surface area contributed by atoms with Crippen molar-refractivity contribution in [3.63, 3.8) is 0 Å². The van der Waals surface area contributed by atoms with Crippen LogP contribution in [0.15, 0.2) is 18.5 Å². The zero-order chi connectivity index (χ0) is 11.3. The molecule has 15 heavy (non-hydrogen) atoms. The number of amides is 1. The van der Waals surface area contributed by atoms with Crippen molar-refractivity contribution in [2.75, 3.05) is 25.6 Å². The molecule has 1 rings (SSSR count). The average molecular weight is 245 g/mol. The van der Waals surface area contributed by atoms with Crippen LogP contribution in [0.4, 0.5) is 0 Å². The first-order valence-corrected chi connectivity index (χ1v) is 6.28. The summed E-state index contributed by atoms with van der Waals surface area (Å²) in [5.74, 6) is 0.835. The molecule has 1 aromatic rings. The van der Waals surface area contributed by atoms with Gasteiger partial charge in [0.25, 0.3) is 5.91 Å². The Morgan fingerprint density at radius 1 is 1.67 bits per heavy atom. The van der Waals surface area contributed by atoms with Crippen LogP contribution >= 0.6 is 23.4 Å². The maximum Gasteiger partial charge on any atom is 0.256 e. The van der Waals surface area contributed by atoms with Gasteiger partial charge in [-0.1, -0.05) is 11.6 Å². The number of rotatable bonds is 4. The van der Waals surface area contributed by atoms with E-state index in [0.717, 1.165) is 5.75 Å². The van der Waals surface area contributed by atoms with E-state index in [1.807, 2.05) is 6.26 Å². The first kappa shape index (κ1) is 12.3. The fourth-order valence-electron chi connectivity index (χ4n) is 1.07. The van der Waals surface area contributed by atoms with Crippen LogP contribution in [-0.2, 0) is 0 Å². The highest BCUT2D eigenvalue weighted by Crippen LogP contribution is 2.15. The third kappa shape index (κ3) is 3.39. The van der Waals surface area contributed by atoms with Crippen LogP contribution in [0.5, 0.6) is 0 Å². The normalized spacial score (nSPS) is 10.1. The molecular formula is C10H13ClN2OS. The molecule has 0 bridgehead atoms. The van der Waals surface area contributed by atoms with Gasteiger partial charge in [-0.05, 0) is 12.3 Å². The largest absolute Gasteiger partial charge is 0.341 e. The molecule has 0 spiro atoms. The van der Waals surface area contributed by atoms with Gasteiger partial charge in [0.2, 0.25) is 0 Å². The standard InChI is InChI=1S/C10H13ClN2OS/c1-13(5-6-15-2)10(14)8-7-12-4-3-9(8)11/h3-4,7H,5-6H2,1-2H3. The van der Waals surface area contributed by atoms with Crippen LogP contribution in [0, 0.1) is 0 Å². The molecule has 1 aromatic heterocycles. The van der Waals surface area contributed by atoms with Gasteiger partial charge in [-0.25, -0.2) is 0 Å². The van der Waals surface area contributed by atoms with Crippen LogP contribution in [0.3, 0.4) is 0 Å². The number of carbonyl (C=O) groups excluding carboxylic acids is 1. The lowest BCUT2D eigenvalue weighted by molar-refractivity contribution is 0.0803. The maximum absolute atomic E-state index is 11.9. The minimum absolute atomic E-state index is 0.0813. The van der Waals surface area contributed by atoms with Gasteiger partial charge in [-0.15, -0.1) is 0 Å². The Morgan fingerprint density at radius 3 is 3.00 bits per heavy atom. The highest BCUT2D eigenvalue weighted by molar-refractivity contribution is 7.98. The van der Waals surface area contributed by atoms with Crippen molar-refractivity contribution in [3.05, 3.63) is 29.0 Å². The number of thioether (sulfide) groups is 1. The predicted octanol–water partition coefficient (Wildman–Crippen LogP) is 2.17. The third-order valence-electron chi connectivity index (χ3n) is 1.98. The van der Waals surface area contributed by atoms with E-state index in [0.29, 0.717) is 17.1 Å². The maximum atomic E-state index is 11.9. The Labute approximate surface area is 98.8 Å². The third-order valence-corrected chi connectivity index (χ3v) is 2.90. The Kier molecular flexibility index (Phi) is 4.91. The van der Waals surface area contributed by atoms with Crippen molar-refractivity contribution in [3.8, 4) is 0 Å². The molecule has 0 N–H and O–H groups in total. The van der Waals surface area contributed by atoms with Crippen molar-refractivity contribution < 1.29 is 4.79 Å². The van der Waals surface area contributed by atoms with E-state index < -0.39 is 0 Å². The summed E-state index contributed by atoms with van der Waals surface area (Å²) in [6.07, 6.45) is 5.08. The minimum atomic E-state index is -0.0813. The van der Waals surface area contributed by atoms with Crippen LogP contribution in [0.1, 0.15) is 10.4 Å². The van der Waals surface area contributed by atoms with E-state index >= 15 is 0 Å². The number of hydrogen-bond donors (Lipinski definition) is 0. The van der Waals surface area contributed by atoms with Crippen LogP contribution in [-0.4, -0.2) is 41.4 Å². The van der Waals surface area contributed by atoms with E-state index in [1.54, 1.807) is 36.0 Å².